The van der Waals surface area contributed by atoms with Gasteiger partial charge in [-0.1, -0.05) is 15.9 Å². The molecule has 4 rings (SSSR count). The quantitative estimate of drug-likeness (QED) is 0.260. The number of nitrogen functional groups attached to an aromatic ring is 1. The molecule has 0 unspecified atom stereocenters. The molecule has 1 amide bonds. The molecule has 3 atom stereocenters. The average molecular weight is 606 g/mol. The lowest BCUT2D eigenvalue weighted by atomic mass is 10.0. The number of anilines is 2. The van der Waals surface area contributed by atoms with Crippen LogP contribution in [0.3, 0.4) is 0 Å². The van der Waals surface area contributed by atoms with Crippen LogP contribution in [0.15, 0.2) is 47.1 Å². The van der Waals surface area contributed by atoms with E-state index in [-0.39, 0.29) is 19.1 Å². The normalized spacial score (nSPS) is 18.3. The summed E-state index contributed by atoms with van der Waals surface area (Å²) in [5, 5.41) is 4.35. The van der Waals surface area contributed by atoms with Crippen LogP contribution >= 0.6 is 15.9 Å². The highest BCUT2D eigenvalue weighted by Gasteiger charge is 2.40. The summed E-state index contributed by atoms with van der Waals surface area (Å²) >= 11 is 3.50. The number of ether oxygens (including phenoxy) is 2. The highest BCUT2D eigenvalue weighted by atomic mass is 79.9. The molecule has 210 valence electrons. The van der Waals surface area contributed by atoms with Gasteiger partial charge in [-0.05, 0) is 76.9 Å². The van der Waals surface area contributed by atoms with Gasteiger partial charge in [0.15, 0.2) is 0 Å². The monoisotopic (exact) mass is 604 g/mol. The molecule has 0 saturated carbocycles. The Labute approximate surface area is 236 Å². The molecule has 39 heavy (non-hydrogen) atoms. The van der Waals surface area contributed by atoms with Gasteiger partial charge in [0.1, 0.15) is 23.3 Å². The molecule has 1 fully saturated rings. The Morgan fingerprint density at radius 2 is 2.05 bits per heavy atom. The fourth-order valence-electron chi connectivity index (χ4n) is 4.75. The van der Waals surface area contributed by atoms with Gasteiger partial charge in [0.2, 0.25) is 0 Å². The SMILES string of the molecule is C[C@H](CCCNc1c(N)cnc2ccc(Br)cc12)Oc1ccc(F)cc1[C@H]1C[C@H](F)CN1C(=O)OC(C)(C)C. The van der Waals surface area contributed by atoms with Crippen molar-refractivity contribution in [2.45, 2.75) is 70.9 Å². The van der Waals surface area contributed by atoms with Gasteiger partial charge in [-0.2, -0.15) is 0 Å². The first kappa shape index (κ1) is 28.9. The van der Waals surface area contributed by atoms with Gasteiger partial charge in [0.25, 0.3) is 0 Å². The lowest BCUT2D eigenvalue weighted by molar-refractivity contribution is 0.0214. The number of aromatic nitrogens is 1. The van der Waals surface area contributed by atoms with Crippen LogP contribution in [-0.2, 0) is 4.74 Å². The molecule has 10 heteroatoms. The number of likely N-dealkylation sites (tertiary alicyclic amines) is 1. The van der Waals surface area contributed by atoms with Gasteiger partial charge in [-0.15, -0.1) is 0 Å². The van der Waals surface area contributed by atoms with Crippen molar-refractivity contribution in [1.29, 1.82) is 0 Å². The van der Waals surface area contributed by atoms with Gasteiger partial charge in [-0.25, -0.2) is 13.6 Å². The number of benzene rings is 2. The number of hydrogen-bond donors (Lipinski definition) is 2. The van der Waals surface area contributed by atoms with Gasteiger partial charge in [-0.3, -0.25) is 9.88 Å². The zero-order chi connectivity index (χ0) is 28.3. The van der Waals surface area contributed by atoms with Crippen molar-refractivity contribution in [3.05, 3.63) is 58.4 Å². The number of fused-ring (bicyclic) bond motifs is 1. The van der Waals surface area contributed by atoms with Crippen LogP contribution < -0.4 is 15.8 Å². The summed E-state index contributed by atoms with van der Waals surface area (Å²) in [7, 11) is 0. The first-order valence-corrected chi connectivity index (χ1v) is 13.9. The van der Waals surface area contributed by atoms with E-state index in [2.05, 4.69) is 26.2 Å². The van der Waals surface area contributed by atoms with Crippen LogP contribution in [0.2, 0.25) is 0 Å². The second-order valence-electron chi connectivity index (χ2n) is 10.9. The number of alkyl halides is 1. The molecule has 7 nitrogen and oxygen atoms in total. The van der Waals surface area contributed by atoms with Gasteiger partial charge in [0, 0.05) is 28.4 Å². The predicted molar refractivity (Wildman–Crippen MR) is 153 cm³/mol. The molecule has 0 radical (unpaired) electrons. The van der Waals surface area contributed by atoms with Crippen LogP contribution in [0.1, 0.15) is 58.6 Å². The molecule has 3 N–H and O–H groups in total. The maximum atomic E-state index is 14.5. The van der Waals surface area contributed by atoms with E-state index in [4.69, 9.17) is 15.2 Å². The Hall–Kier alpha value is -3.14. The number of halogens is 3. The van der Waals surface area contributed by atoms with E-state index in [9.17, 15) is 13.6 Å². The predicted octanol–water partition coefficient (Wildman–Crippen LogP) is 7.40. The molecular weight excluding hydrogens is 570 g/mol. The maximum absolute atomic E-state index is 14.5. The number of carbonyl (C=O) groups is 1. The Bertz CT molecular complexity index is 1330. The number of nitrogens with one attached hydrogen (secondary N) is 1. The number of amides is 1. The first-order valence-electron chi connectivity index (χ1n) is 13.1. The van der Waals surface area contributed by atoms with Crippen LogP contribution in [-0.4, -0.2) is 46.9 Å². The summed E-state index contributed by atoms with van der Waals surface area (Å²) in [5.74, 6) is -0.0480. The number of carbonyl (C=O) groups excluding carboxylic acids is 1. The first-order chi connectivity index (χ1) is 18.4. The molecule has 0 spiro atoms. The Kier molecular flexibility index (Phi) is 8.83. The minimum absolute atomic E-state index is 0.0504. The number of nitrogens with zero attached hydrogens (tertiary/aromatic N) is 2. The van der Waals surface area contributed by atoms with Crippen molar-refractivity contribution >= 4 is 44.3 Å². The van der Waals surface area contributed by atoms with Crippen LogP contribution in [0, 0.1) is 5.82 Å². The van der Waals surface area contributed by atoms with Gasteiger partial charge < -0.3 is 20.5 Å². The molecule has 2 aromatic carbocycles. The van der Waals surface area contributed by atoms with E-state index >= 15 is 0 Å². The highest BCUT2D eigenvalue weighted by molar-refractivity contribution is 9.10. The largest absolute Gasteiger partial charge is 0.490 e. The number of nitrogens with two attached hydrogens (primary N) is 1. The Morgan fingerprint density at radius 1 is 1.28 bits per heavy atom. The van der Waals surface area contributed by atoms with E-state index < -0.39 is 29.7 Å². The lowest BCUT2D eigenvalue weighted by Crippen LogP contribution is -2.37. The summed E-state index contributed by atoms with van der Waals surface area (Å²) in [5.41, 5.74) is 8.14. The molecule has 2 heterocycles. The second kappa shape index (κ2) is 11.9. The van der Waals surface area contributed by atoms with E-state index in [1.165, 1.54) is 17.0 Å². The van der Waals surface area contributed by atoms with E-state index in [0.29, 0.717) is 30.0 Å². The van der Waals surface area contributed by atoms with Gasteiger partial charge in [0.05, 0.1) is 41.8 Å². The third-order valence-electron chi connectivity index (χ3n) is 6.49. The zero-order valence-electron chi connectivity index (χ0n) is 22.6. The fraction of sp³-hybridized carbons (Fsp3) is 0.448. The topological polar surface area (TPSA) is 89.7 Å². The van der Waals surface area contributed by atoms with E-state index in [1.807, 2.05) is 25.1 Å². The Balaban J connectivity index is 1.41. The molecule has 1 saturated heterocycles. The summed E-state index contributed by atoms with van der Waals surface area (Å²) in [4.78, 5) is 18.5. The molecule has 1 aliphatic heterocycles. The van der Waals surface area contributed by atoms with Gasteiger partial charge >= 0.3 is 6.09 Å². The number of rotatable bonds is 8. The standard InChI is InChI=1S/C29H35BrF2N4O3/c1-17(6-5-11-34-27-21-12-18(30)7-9-24(21)35-15-23(27)33)38-26-10-8-19(31)13-22(26)25-14-20(32)16-36(25)28(37)39-29(2,3)4/h7-10,12-13,15,17,20,25H,5-6,11,14,16,33H2,1-4H3,(H,34,35)/t17-,20+,25-/m1/s1. The summed E-state index contributed by atoms with van der Waals surface area (Å²) in [6, 6.07) is 9.33. The molecule has 0 aliphatic carbocycles. The van der Waals surface area contributed by atoms with E-state index in [0.717, 1.165) is 27.5 Å². The van der Waals surface area contributed by atoms with Crippen molar-refractivity contribution in [3.8, 4) is 5.75 Å². The van der Waals surface area contributed by atoms with Crippen molar-refractivity contribution in [2.75, 3.05) is 24.1 Å². The molecule has 1 aliphatic rings. The summed E-state index contributed by atoms with van der Waals surface area (Å²) in [6.07, 6.45) is 1.09. The van der Waals surface area contributed by atoms with Crippen molar-refractivity contribution in [1.82, 2.24) is 9.88 Å². The minimum atomic E-state index is -1.24. The molecule has 0 bridgehead atoms. The van der Waals surface area contributed by atoms with Crippen LogP contribution in [0.5, 0.6) is 5.75 Å². The molecular formula is C29H35BrF2N4O3. The molecule has 1 aromatic heterocycles. The highest BCUT2D eigenvalue weighted by Crippen LogP contribution is 2.40. The van der Waals surface area contributed by atoms with Crippen molar-refractivity contribution < 1.29 is 23.0 Å². The summed E-state index contributed by atoms with van der Waals surface area (Å²) in [6.45, 7) is 7.72. The Morgan fingerprint density at radius 3 is 2.79 bits per heavy atom. The number of hydrogen-bond acceptors (Lipinski definition) is 6. The smallest absolute Gasteiger partial charge is 0.410 e. The van der Waals surface area contributed by atoms with Crippen LogP contribution in [0.4, 0.5) is 25.0 Å². The number of pyridine rings is 1. The third kappa shape index (κ3) is 7.29. The minimum Gasteiger partial charge on any atom is -0.490 e. The molecule has 3 aromatic rings. The average Bonchev–Trinajstić information content (AvgIpc) is 3.24. The van der Waals surface area contributed by atoms with Crippen LogP contribution in [0.25, 0.3) is 10.9 Å². The maximum Gasteiger partial charge on any atom is 0.410 e. The zero-order valence-corrected chi connectivity index (χ0v) is 24.2. The van der Waals surface area contributed by atoms with Crippen molar-refractivity contribution in [2.24, 2.45) is 0 Å². The fourth-order valence-corrected chi connectivity index (χ4v) is 5.11. The van der Waals surface area contributed by atoms with Crippen molar-refractivity contribution in [3.63, 3.8) is 0 Å². The second-order valence-corrected chi connectivity index (χ2v) is 11.8. The summed E-state index contributed by atoms with van der Waals surface area (Å²) < 4.78 is 41.4. The lowest BCUT2D eigenvalue weighted by Gasteiger charge is -2.29. The third-order valence-corrected chi connectivity index (χ3v) is 6.98. The van der Waals surface area contributed by atoms with E-state index in [1.54, 1.807) is 33.0 Å².